The number of carboxylic acid groups (broad SMARTS) is 1. The molecule has 21 heavy (non-hydrogen) atoms. The molecule has 0 atom stereocenters. The average molecular weight is 308 g/mol. The van der Waals surface area contributed by atoms with Crippen LogP contribution in [0.25, 0.3) is 0 Å². The molecule has 0 aliphatic carbocycles. The number of benzene rings is 2. The Morgan fingerprint density at radius 2 is 1.90 bits per heavy atom. The average Bonchev–Trinajstić information content (AvgIpc) is 2.47. The van der Waals surface area contributed by atoms with Crippen molar-refractivity contribution in [3.63, 3.8) is 0 Å². The number of rotatable bonds is 6. The van der Waals surface area contributed by atoms with E-state index < -0.39 is 11.8 Å². The van der Waals surface area contributed by atoms with Crippen LogP contribution in [0.3, 0.4) is 0 Å². The molecular formula is C16H15ClFNO2. The summed E-state index contributed by atoms with van der Waals surface area (Å²) in [4.78, 5) is 12.7. The van der Waals surface area contributed by atoms with E-state index in [1.54, 1.807) is 6.07 Å². The summed E-state index contributed by atoms with van der Waals surface area (Å²) in [6, 6.07) is 14.1. The number of hydrogen-bond acceptors (Lipinski definition) is 2. The Labute approximate surface area is 127 Å². The quantitative estimate of drug-likeness (QED) is 0.878. The number of anilines is 1. The van der Waals surface area contributed by atoms with Crippen LogP contribution in [0.4, 0.5) is 10.1 Å². The van der Waals surface area contributed by atoms with Crippen LogP contribution in [0.1, 0.15) is 12.0 Å². The Kier molecular flexibility index (Phi) is 5.17. The lowest BCUT2D eigenvalue weighted by Crippen LogP contribution is -2.25. The van der Waals surface area contributed by atoms with E-state index in [1.165, 1.54) is 12.1 Å². The van der Waals surface area contributed by atoms with E-state index in [4.69, 9.17) is 16.7 Å². The molecule has 2 aromatic rings. The minimum atomic E-state index is -0.874. The van der Waals surface area contributed by atoms with Crippen LogP contribution >= 0.6 is 11.6 Å². The van der Waals surface area contributed by atoms with E-state index >= 15 is 0 Å². The van der Waals surface area contributed by atoms with Crippen LogP contribution in [0, 0.1) is 5.82 Å². The van der Waals surface area contributed by atoms with Gasteiger partial charge in [0, 0.05) is 18.8 Å². The molecule has 0 aromatic heterocycles. The normalized spacial score (nSPS) is 10.4. The number of hydrogen-bond donors (Lipinski definition) is 1. The smallest absolute Gasteiger partial charge is 0.305 e. The zero-order valence-electron chi connectivity index (χ0n) is 11.3. The molecule has 2 aromatic carbocycles. The van der Waals surface area contributed by atoms with Crippen molar-refractivity contribution in [1.82, 2.24) is 0 Å². The molecule has 3 nitrogen and oxygen atoms in total. The summed E-state index contributed by atoms with van der Waals surface area (Å²) in [5.74, 6) is -1.36. The van der Waals surface area contributed by atoms with Gasteiger partial charge in [0.25, 0.3) is 0 Å². The third kappa shape index (κ3) is 4.46. The molecule has 0 saturated carbocycles. The minimum absolute atomic E-state index is 0.00181. The van der Waals surface area contributed by atoms with Crippen LogP contribution in [-0.4, -0.2) is 17.6 Å². The van der Waals surface area contributed by atoms with Crippen molar-refractivity contribution in [3.05, 3.63) is 64.9 Å². The van der Waals surface area contributed by atoms with E-state index in [2.05, 4.69) is 0 Å². The lowest BCUT2D eigenvalue weighted by molar-refractivity contribution is -0.136. The Balaban J connectivity index is 2.22. The summed E-state index contributed by atoms with van der Waals surface area (Å²) in [6.45, 7) is 0.863. The molecule has 0 fully saturated rings. The number of aliphatic carboxylic acids is 1. The van der Waals surface area contributed by atoms with Crippen molar-refractivity contribution < 1.29 is 14.3 Å². The maximum atomic E-state index is 13.3. The first-order chi connectivity index (χ1) is 10.1. The Bertz CT molecular complexity index is 619. The summed E-state index contributed by atoms with van der Waals surface area (Å²) in [5.41, 5.74) is 1.75. The standard InChI is InChI=1S/C16H15ClFNO2/c17-14-10-13(6-7-15(14)18)19(9-8-16(20)21)11-12-4-2-1-3-5-12/h1-7,10H,8-9,11H2,(H,20,21). The van der Waals surface area contributed by atoms with Crippen LogP contribution in [-0.2, 0) is 11.3 Å². The second kappa shape index (κ2) is 7.09. The fraction of sp³-hybridized carbons (Fsp3) is 0.188. The molecule has 2 rings (SSSR count). The van der Waals surface area contributed by atoms with Gasteiger partial charge in [0.2, 0.25) is 0 Å². The van der Waals surface area contributed by atoms with Gasteiger partial charge in [0.05, 0.1) is 11.4 Å². The van der Waals surface area contributed by atoms with Gasteiger partial charge in [-0.2, -0.15) is 0 Å². The second-order valence-electron chi connectivity index (χ2n) is 4.65. The van der Waals surface area contributed by atoms with Crippen molar-refractivity contribution in [2.45, 2.75) is 13.0 Å². The fourth-order valence-corrected chi connectivity index (χ4v) is 2.19. The number of carboxylic acids is 1. The maximum Gasteiger partial charge on any atom is 0.305 e. The number of halogens is 2. The second-order valence-corrected chi connectivity index (χ2v) is 5.06. The van der Waals surface area contributed by atoms with Gasteiger partial charge in [0.1, 0.15) is 5.82 Å². The van der Waals surface area contributed by atoms with Crippen LogP contribution in [0.2, 0.25) is 5.02 Å². The van der Waals surface area contributed by atoms with Crippen molar-refractivity contribution in [2.75, 3.05) is 11.4 Å². The molecule has 0 radical (unpaired) electrons. The molecule has 0 aliphatic rings. The summed E-state index contributed by atoms with van der Waals surface area (Å²) < 4.78 is 13.3. The summed E-state index contributed by atoms with van der Waals surface area (Å²) in [7, 11) is 0. The predicted octanol–water partition coefficient (Wildman–Crippen LogP) is 3.96. The predicted molar refractivity (Wildman–Crippen MR) is 81.2 cm³/mol. The van der Waals surface area contributed by atoms with E-state index in [-0.39, 0.29) is 11.4 Å². The molecule has 0 unspecified atom stereocenters. The van der Waals surface area contributed by atoms with Gasteiger partial charge in [-0.3, -0.25) is 4.79 Å². The van der Waals surface area contributed by atoms with Gasteiger partial charge in [0.15, 0.2) is 0 Å². The first-order valence-electron chi connectivity index (χ1n) is 6.52. The zero-order valence-corrected chi connectivity index (χ0v) is 12.1. The Morgan fingerprint density at radius 1 is 1.19 bits per heavy atom. The van der Waals surface area contributed by atoms with Crippen LogP contribution in [0.15, 0.2) is 48.5 Å². The van der Waals surface area contributed by atoms with E-state index in [0.29, 0.717) is 18.8 Å². The minimum Gasteiger partial charge on any atom is -0.481 e. The molecule has 0 saturated heterocycles. The van der Waals surface area contributed by atoms with Gasteiger partial charge in [-0.1, -0.05) is 41.9 Å². The molecule has 5 heteroatoms. The van der Waals surface area contributed by atoms with Gasteiger partial charge in [-0.25, -0.2) is 4.39 Å². The zero-order chi connectivity index (χ0) is 15.2. The molecule has 110 valence electrons. The fourth-order valence-electron chi connectivity index (χ4n) is 2.02. The van der Waals surface area contributed by atoms with Crippen molar-refractivity contribution in [1.29, 1.82) is 0 Å². The van der Waals surface area contributed by atoms with Crippen LogP contribution in [0.5, 0.6) is 0 Å². The first-order valence-corrected chi connectivity index (χ1v) is 6.90. The molecule has 0 heterocycles. The summed E-state index contributed by atoms with van der Waals surface area (Å²) >= 11 is 5.81. The SMILES string of the molecule is O=C(O)CCN(Cc1ccccc1)c1ccc(F)c(Cl)c1. The van der Waals surface area contributed by atoms with E-state index in [1.807, 2.05) is 35.2 Å². The van der Waals surface area contributed by atoms with Crippen molar-refractivity contribution >= 4 is 23.3 Å². The summed E-state index contributed by atoms with van der Waals surface area (Å²) in [6.07, 6.45) is 0.00181. The van der Waals surface area contributed by atoms with E-state index in [9.17, 15) is 9.18 Å². The summed E-state index contributed by atoms with van der Waals surface area (Å²) in [5, 5.41) is 8.89. The number of nitrogens with zero attached hydrogens (tertiary/aromatic N) is 1. The molecule has 1 N–H and O–H groups in total. The molecule has 0 aliphatic heterocycles. The van der Waals surface area contributed by atoms with Crippen molar-refractivity contribution in [2.24, 2.45) is 0 Å². The van der Waals surface area contributed by atoms with Gasteiger partial charge in [-0.15, -0.1) is 0 Å². The van der Waals surface area contributed by atoms with Gasteiger partial charge < -0.3 is 10.0 Å². The molecule has 0 bridgehead atoms. The third-order valence-electron chi connectivity index (χ3n) is 3.08. The molecular weight excluding hydrogens is 293 g/mol. The highest BCUT2D eigenvalue weighted by Gasteiger charge is 2.11. The largest absolute Gasteiger partial charge is 0.481 e. The van der Waals surface area contributed by atoms with Gasteiger partial charge in [-0.05, 0) is 23.8 Å². The Morgan fingerprint density at radius 3 is 2.52 bits per heavy atom. The van der Waals surface area contributed by atoms with E-state index in [0.717, 1.165) is 5.56 Å². The lowest BCUT2D eigenvalue weighted by Gasteiger charge is -2.24. The number of carbonyl (C=O) groups is 1. The Hall–Kier alpha value is -2.07. The van der Waals surface area contributed by atoms with Gasteiger partial charge >= 0.3 is 5.97 Å². The highest BCUT2D eigenvalue weighted by Crippen LogP contribution is 2.24. The maximum absolute atomic E-state index is 13.3. The van der Waals surface area contributed by atoms with Crippen molar-refractivity contribution in [3.8, 4) is 0 Å². The molecule has 0 amide bonds. The third-order valence-corrected chi connectivity index (χ3v) is 3.37. The monoisotopic (exact) mass is 307 g/mol. The highest BCUT2D eigenvalue weighted by molar-refractivity contribution is 6.31. The highest BCUT2D eigenvalue weighted by atomic mass is 35.5. The topological polar surface area (TPSA) is 40.5 Å². The van der Waals surface area contributed by atoms with Crippen LogP contribution < -0.4 is 4.90 Å². The molecule has 0 spiro atoms. The lowest BCUT2D eigenvalue weighted by atomic mass is 10.2. The first kappa shape index (κ1) is 15.3.